The Balaban J connectivity index is 2.07. The standard InChI is InChI=1S/C14H17FN2O3/c1-11(18)17(13-4-2-12(15)3-5-13)10-14(19)16-6-8-20-9-7-16/h2-5H,6-10H2,1H3. The van der Waals surface area contributed by atoms with Gasteiger partial charge in [0.25, 0.3) is 0 Å². The van der Waals surface area contributed by atoms with Crippen LogP contribution in [-0.2, 0) is 14.3 Å². The van der Waals surface area contributed by atoms with Gasteiger partial charge in [0, 0.05) is 25.7 Å². The van der Waals surface area contributed by atoms with E-state index in [9.17, 15) is 14.0 Å². The summed E-state index contributed by atoms with van der Waals surface area (Å²) in [7, 11) is 0. The number of anilines is 1. The van der Waals surface area contributed by atoms with E-state index in [1.54, 1.807) is 4.90 Å². The van der Waals surface area contributed by atoms with E-state index < -0.39 is 0 Å². The normalized spacial score (nSPS) is 15.0. The van der Waals surface area contributed by atoms with Gasteiger partial charge in [0.15, 0.2) is 0 Å². The molecule has 5 nitrogen and oxygen atoms in total. The summed E-state index contributed by atoms with van der Waals surface area (Å²) in [5, 5.41) is 0. The molecule has 2 amide bonds. The average molecular weight is 280 g/mol. The van der Waals surface area contributed by atoms with Crippen molar-refractivity contribution in [3.63, 3.8) is 0 Å². The minimum atomic E-state index is -0.378. The van der Waals surface area contributed by atoms with Gasteiger partial charge in [0.2, 0.25) is 11.8 Å². The molecule has 0 aromatic heterocycles. The number of ether oxygens (including phenoxy) is 1. The predicted molar refractivity (Wildman–Crippen MR) is 71.8 cm³/mol. The Morgan fingerprint density at radius 2 is 1.85 bits per heavy atom. The number of carbonyl (C=O) groups is 2. The monoisotopic (exact) mass is 280 g/mol. The van der Waals surface area contributed by atoms with Gasteiger partial charge in [-0.1, -0.05) is 0 Å². The lowest BCUT2D eigenvalue weighted by Crippen LogP contribution is -2.46. The van der Waals surface area contributed by atoms with Crippen LogP contribution in [0.1, 0.15) is 6.92 Å². The molecule has 0 unspecified atom stereocenters. The summed E-state index contributed by atoms with van der Waals surface area (Å²) >= 11 is 0. The molecule has 0 radical (unpaired) electrons. The first-order valence-corrected chi connectivity index (χ1v) is 6.47. The largest absolute Gasteiger partial charge is 0.378 e. The van der Waals surface area contributed by atoms with Gasteiger partial charge in [-0.25, -0.2) is 4.39 Å². The fourth-order valence-electron chi connectivity index (χ4n) is 2.05. The molecule has 1 saturated heterocycles. The van der Waals surface area contributed by atoms with Crippen molar-refractivity contribution in [2.24, 2.45) is 0 Å². The predicted octanol–water partition coefficient (Wildman–Crippen LogP) is 1.04. The van der Waals surface area contributed by atoms with Crippen molar-refractivity contribution in [2.75, 3.05) is 37.7 Å². The maximum Gasteiger partial charge on any atom is 0.242 e. The van der Waals surface area contributed by atoms with Crippen LogP contribution in [0.5, 0.6) is 0 Å². The molecule has 1 fully saturated rings. The van der Waals surface area contributed by atoms with E-state index in [2.05, 4.69) is 0 Å². The van der Waals surface area contributed by atoms with E-state index in [0.717, 1.165) is 0 Å². The van der Waals surface area contributed by atoms with Crippen LogP contribution in [0.15, 0.2) is 24.3 Å². The second kappa shape index (κ2) is 6.47. The number of morpholine rings is 1. The molecule has 0 spiro atoms. The Labute approximate surface area is 116 Å². The highest BCUT2D eigenvalue weighted by molar-refractivity contribution is 5.97. The molecule has 0 N–H and O–H groups in total. The fourth-order valence-corrected chi connectivity index (χ4v) is 2.05. The van der Waals surface area contributed by atoms with Gasteiger partial charge in [-0.05, 0) is 24.3 Å². The van der Waals surface area contributed by atoms with Gasteiger partial charge >= 0.3 is 0 Å². The first kappa shape index (κ1) is 14.5. The number of nitrogens with zero attached hydrogens (tertiary/aromatic N) is 2. The van der Waals surface area contributed by atoms with Gasteiger partial charge in [0.1, 0.15) is 12.4 Å². The highest BCUT2D eigenvalue weighted by atomic mass is 19.1. The summed E-state index contributed by atoms with van der Waals surface area (Å²) < 4.78 is 18.1. The highest BCUT2D eigenvalue weighted by Crippen LogP contribution is 2.15. The molecule has 6 heteroatoms. The SMILES string of the molecule is CC(=O)N(CC(=O)N1CCOCC1)c1ccc(F)cc1. The quantitative estimate of drug-likeness (QED) is 0.831. The first-order valence-electron chi connectivity index (χ1n) is 6.47. The maximum atomic E-state index is 12.9. The van der Waals surface area contributed by atoms with Crippen LogP contribution in [0.25, 0.3) is 0 Å². The van der Waals surface area contributed by atoms with Crippen LogP contribution < -0.4 is 4.90 Å². The maximum absolute atomic E-state index is 12.9. The number of hydrogen-bond acceptors (Lipinski definition) is 3. The zero-order valence-electron chi connectivity index (χ0n) is 11.3. The van der Waals surface area contributed by atoms with Gasteiger partial charge < -0.3 is 14.5 Å². The topological polar surface area (TPSA) is 49.9 Å². The third-order valence-electron chi connectivity index (χ3n) is 3.18. The van der Waals surface area contributed by atoms with E-state index >= 15 is 0 Å². The second-order valence-electron chi connectivity index (χ2n) is 4.57. The summed E-state index contributed by atoms with van der Waals surface area (Å²) in [6.07, 6.45) is 0. The number of hydrogen-bond donors (Lipinski definition) is 0. The van der Waals surface area contributed by atoms with E-state index in [1.165, 1.54) is 36.1 Å². The van der Waals surface area contributed by atoms with Crippen molar-refractivity contribution in [3.05, 3.63) is 30.1 Å². The van der Waals surface area contributed by atoms with Crippen molar-refractivity contribution in [2.45, 2.75) is 6.92 Å². The molecule has 1 heterocycles. The minimum absolute atomic E-state index is 0.0407. The summed E-state index contributed by atoms with van der Waals surface area (Å²) in [5.74, 6) is -0.761. The van der Waals surface area contributed by atoms with Crippen molar-refractivity contribution in [1.82, 2.24) is 4.90 Å². The van der Waals surface area contributed by atoms with Crippen LogP contribution in [0.3, 0.4) is 0 Å². The number of halogens is 1. The number of benzene rings is 1. The lowest BCUT2D eigenvalue weighted by atomic mass is 10.2. The molecule has 1 aromatic rings. The van der Waals surface area contributed by atoms with Crippen LogP contribution >= 0.6 is 0 Å². The summed E-state index contributed by atoms with van der Waals surface area (Å²) in [4.78, 5) is 26.9. The van der Waals surface area contributed by atoms with Crippen LogP contribution in [0, 0.1) is 5.82 Å². The van der Waals surface area contributed by atoms with Crippen LogP contribution in [0.2, 0.25) is 0 Å². The van der Waals surface area contributed by atoms with Gasteiger partial charge in [-0.15, -0.1) is 0 Å². The number of carbonyl (C=O) groups excluding carboxylic acids is 2. The van der Waals surface area contributed by atoms with E-state index in [1.807, 2.05) is 0 Å². The Kier molecular flexibility index (Phi) is 4.68. The molecular formula is C14H17FN2O3. The number of amides is 2. The third-order valence-corrected chi connectivity index (χ3v) is 3.18. The Morgan fingerprint density at radius 1 is 1.25 bits per heavy atom. The Bertz CT molecular complexity index is 484. The molecule has 0 bridgehead atoms. The fraction of sp³-hybridized carbons (Fsp3) is 0.429. The van der Waals surface area contributed by atoms with Crippen LogP contribution in [-0.4, -0.2) is 49.6 Å². The third kappa shape index (κ3) is 3.54. The minimum Gasteiger partial charge on any atom is -0.378 e. The zero-order chi connectivity index (χ0) is 14.5. The van der Waals surface area contributed by atoms with E-state index in [-0.39, 0.29) is 24.2 Å². The molecule has 2 rings (SSSR count). The van der Waals surface area contributed by atoms with E-state index in [4.69, 9.17) is 4.74 Å². The lowest BCUT2D eigenvalue weighted by Gasteiger charge is -2.29. The molecule has 0 aliphatic carbocycles. The molecular weight excluding hydrogens is 263 g/mol. The summed E-state index contributed by atoms with van der Waals surface area (Å²) in [6.45, 7) is 3.45. The molecule has 1 aliphatic heterocycles. The highest BCUT2D eigenvalue weighted by Gasteiger charge is 2.21. The molecule has 0 saturated carbocycles. The van der Waals surface area contributed by atoms with Gasteiger partial charge in [0.05, 0.1) is 13.2 Å². The van der Waals surface area contributed by atoms with E-state index in [0.29, 0.717) is 32.0 Å². The summed E-state index contributed by atoms with van der Waals surface area (Å²) in [6, 6.07) is 5.52. The van der Waals surface area contributed by atoms with Crippen molar-refractivity contribution in [1.29, 1.82) is 0 Å². The summed E-state index contributed by atoms with van der Waals surface area (Å²) in [5.41, 5.74) is 0.514. The van der Waals surface area contributed by atoms with Crippen molar-refractivity contribution >= 4 is 17.5 Å². The molecule has 108 valence electrons. The smallest absolute Gasteiger partial charge is 0.242 e. The van der Waals surface area contributed by atoms with Crippen molar-refractivity contribution in [3.8, 4) is 0 Å². The van der Waals surface area contributed by atoms with Gasteiger partial charge in [-0.2, -0.15) is 0 Å². The lowest BCUT2D eigenvalue weighted by molar-refractivity contribution is -0.134. The second-order valence-corrected chi connectivity index (χ2v) is 4.57. The molecule has 1 aliphatic rings. The first-order chi connectivity index (χ1) is 9.58. The molecule has 1 aromatic carbocycles. The van der Waals surface area contributed by atoms with Crippen molar-refractivity contribution < 1.29 is 18.7 Å². The molecule has 0 atom stereocenters. The molecule has 20 heavy (non-hydrogen) atoms. The van der Waals surface area contributed by atoms with Gasteiger partial charge in [-0.3, -0.25) is 9.59 Å². The average Bonchev–Trinajstić information content (AvgIpc) is 2.46. The number of rotatable bonds is 3. The Hall–Kier alpha value is -1.95. The Morgan fingerprint density at radius 3 is 2.40 bits per heavy atom. The zero-order valence-corrected chi connectivity index (χ0v) is 11.3. The van der Waals surface area contributed by atoms with Crippen LogP contribution in [0.4, 0.5) is 10.1 Å².